The number of hydrogen-bond acceptors (Lipinski definition) is 4. The molecule has 3 aromatic rings. The van der Waals surface area contributed by atoms with Gasteiger partial charge in [0.15, 0.2) is 0 Å². The molecule has 0 spiro atoms. The molecule has 0 aliphatic rings. The maximum atomic E-state index is 13.8. The zero-order valence-corrected chi connectivity index (χ0v) is 24.1. The SMILES string of the molecule is CC[C@H](C)NC(=O)[C@@H](C)N(Cc1ccc(F)cc1)C(=O)CN(c1cccc(Cl)c1)S(=O)(=O)c1ccc(Cl)cc1. The summed E-state index contributed by atoms with van der Waals surface area (Å²) in [5.41, 5.74) is 0.743. The number of carbonyl (C=O) groups is 2. The summed E-state index contributed by atoms with van der Waals surface area (Å²) in [5.74, 6) is -1.47. The van der Waals surface area contributed by atoms with E-state index < -0.39 is 40.2 Å². The first kappa shape index (κ1) is 30.4. The van der Waals surface area contributed by atoms with Crippen LogP contribution in [-0.4, -0.2) is 43.8 Å². The van der Waals surface area contributed by atoms with Gasteiger partial charge in [0, 0.05) is 22.6 Å². The largest absolute Gasteiger partial charge is 0.352 e. The van der Waals surface area contributed by atoms with E-state index in [4.69, 9.17) is 23.2 Å². The summed E-state index contributed by atoms with van der Waals surface area (Å²) in [6.07, 6.45) is 0.687. The van der Waals surface area contributed by atoms with Crippen molar-refractivity contribution in [2.45, 2.75) is 50.7 Å². The highest BCUT2D eigenvalue weighted by Gasteiger charge is 2.33. The van der Waals surface area contributed by atoms with E-state index >= 15 is 0 Å². The number of anilines is 1. The van der Waals surface area contributed by atoms with Gasteiger partial charge in [-0.1, -0.05) is 48.3 Å². The second kappa shape index (κ2) is 13.3. The molecule has 0 bridgehead atoms. The average molecular weight is 595 g/mol. The lowest BCUT2D eigenvalue weighted by Gasteiger charge is -2.32. The number of halogens is 3. The van der Waals surface area contributed by atoms with Crippen LogP contribution in [0.2, 0.25) is 10.0 Å². The lowest BCUT2D eigenvalue weighted by atomic mass is 10.1. The van der Waals surface area contributed by atoms with Gasteiger partial charge in [-0.15, -0.1) is 0 Å². The Morgan fingerprint density at radius 1 is 0.949 bits per heavy atom. The van der Waals surface area contributed by atoms with Gasteiger partial charge in [0.25, 0.3) is 10.0 Å². The summed E-state index contributed by atoms with van der Waals surface area (Å²) in [6.45, 7) is 4.67. The lowest BCUT2D eigenvalue weighted by molar-refractivity contribution is -0.139. The number of nitrogens with one attached hydrogen (secondary N) is 1. The number of sulfonamides is 1. The van der Waals surface area contributed by atoms with Gasteiger partial charge in [0.05, 0.1) is 10.6 Å². The Bertz CT molecular complexity index is 1400. The fourth-order valence-electron chi connectivity index (χ4n) is 3.73. The van der Waals surface area contributed by atoms with Gasteiger partial charge < -0.3 is 10.2 Å². The molecule has 0 unspecified atom stereocenters. The number of rotatable bonds is 11. The zero-order valence-electron chi connectivity index (χ0n) is 21.8. The van der Waals surface area contributed by atoms with Crippen molar-refractivity contribution in [1.29, 1.82) is 0 Å². The quantitative estimate of drug-likeness (QED) is 0.311. The third kappa shape index (κ3) is 7.94. The van der Waals surface area contributed by atoms with Crippen LogP contribution in [0.4, 0.5) is 10.1 Å². The lowest BCUT2D eigenvalue weighted by Crippen LogP contribution is -2.52. The highest BCUT2D eigenvalue weighted by Crippen LogP contribution is 2.27. The van der Waals surface area contributed by atoms with Gasteiger partial charge in [-0.25, -0.2) is 12.8 Å². The third-order valence-electron chi connectivity index (χ3n) is 6.21. The summed E-state index contributed by atoms with van der Waals surface area (Å²) >= 11 is 12.1. The molecule has 1 N–H and O–H groups in total. The van der Waals surface area contributed by atoms with Gasteiger partial charge >= 0.3 is 0 Å². The Labute approximate surface area is 238 Å². The molecule has 2 amide bonds. The molecule has 2 atom stereocenters. The van der Waals surface area contributed by atoms with Crippen LogP contribution in [-0.2, 0) is 26.2 Å². The van der Waals surface area contributed by atoms with E-state index in [1.807, 2.05) is 13.8 Å². The smallest absolute Gasteiger partial charge is 0.264 e. The first-order valence-electron chi connectivity index (χ1n) is 12.3. The number of hydrogen-bond donors (Lipinski definition) is 1. The van der Waals surface area contributed by atoms with Crippen molar-refractivity contribution in [2.75, 3.05) is 10.8 Å². The second-order valence-corrected chi connectivity index (χ2v) is 11.8. The number of benzene rings is 3. The van der Waals surface area contributed by atoms with Crippen LogP contribution in [0.5, 0.6) is 0 Å². The van der Waals surface area contributed by atoms with E-state index in [1.165, 1.54) is 65.6 Å². The molecule has 0 aliphatic heterocycles. The molecule has 0 saturated heterocycles. The van der Waals surface area contributed by atoms with E-state index in [0.717, 1.165) is 4.31 Å². The van der Waals surface area contributed by atoms with Crippen molar-refractivity contribution in [3.8, 4) is 0 Å². The van der Waals surface area contributed by atoms with Gasteiger partial charge in [0.1, 0.15) is 18.4 Å². The summed E-state index contributed by atoms with van der Waals surface area (Å²) < 4.78 is 42.0. The molecule has 0 fully saturated rings. The molecule has 0 radical (unpaired) electrons. The van der Waals surface area contributed by atoms with Crippen LogP contribution < -0.4 is 9.62 Å². The molecule has 3 aromatic carbocycles. The molecular weight excluding hydrogens is 564 g/mol. The standard InChI is InChI=1S/C28H30Cl2FN3O4S/c1-4-19(2)32-28(36)20(3)33(17-21-8-12-24(31)13-9-21)27(35)18-34(25-7-5-6-23(30)16-25)39(37,38)26-14-10-22(29)11-15-26/h5-16,19-20H,4,17-18H2,1-3H3,(H,32,36)/t19-,20+/m0/s1. The maximum Gasteiger partial charge on any atom is 0.264 e. The molecule has 39 heavy (non-hydrogen) atoms. The highest BCUT2D eigenvalue weighted by atomic mass is 35.5. The summed E-state index contributed by atoms with van der Waals surface area (Å²) in [7, 11) is -4.25. The van der Waals surface area contributed by atoms with Gasteiger partial charge in [-0.3, -0.25) is 13.9 Å². The molecule has 7 nitrogen and oxygen atoms in total. The van der Waals surface area contributed by atoms with E-state index in [-0.39, 0.29) is 28.2 Å². The molecule has 0 heterocycles. The first-order chi connectivity index (χ1) is 18.4. The van der Waals surface area contributed by atoms with E-state index in [2.05, 4.69) is 5.32 Å². The van der Waals surface area contributed by atoms with Crippen molar-refractivity contribution < 1.29 is 22.4 Å². The Hall–Kier alpha value is -3.14. The van der Waals surface area contributed by atoms with Gasteiger partial charge in [-0.2, -0.15) is 0 Å². The minimum atomic E-state index is -4.25. The Morgan fingerprint density at radius 2 is 1.59 bits per heavy atom. The number of amides is 2. The van der Waals surface area contributed by atoms with Gasteiger partial charge in [-0.05, 0) is 80.4 Å². The second-order valence-electron chi connectivity index (χ2n) is 9.09. The van der Waals surface area contributed by atoms with Crippen molar-refractivity contribution in [3.63, 3.8) is 0 Å². The van der Waals surface area contributed by atoms with Crippen molar-refractivity contribution in [3.05, 3.63) is 94.2 Å². The van der Waals surface area contributed by atoms with Crippen LogP contribution in [0.1, 0.15) is 32.8 Å². The summed E-state index contributed by atoms with van der Waals surface area (Å²) in [6, 6.07) is 16.1. The monoisotopic (exact) mass is 593 g/mol. The molecule has 3 rings (SSSR count). The fraction of sp³-hybridized carbons (Fsp3) is 0.286. The first-order valence-corrected chi connectivity index (χ1v) is 14.5. The molecule has 0 saturated carbocycles. The number of carbonyl (C=O) groups excluding carboxylic acids is 2. The normalized spacial score (nSPS) is 12.9. The number of nitrogens with zero attached hydrogens (tertiary/aromatic N) is 2. The molecule has 0 aromatic heterocycles. The average Bonchev–Trinajstić information content (AvgIpc) is 2.90. The topological polar surface area (TPSA) is 86.8 Å². The molecular formula is C28H30Cl2FN3O4S. The van der Waals surface area contributed by atoms with Gasteiger partial charge in [0.2, 0.25) is 11.8 Å². The van der Waals surface area contributed by atoms with Crippen LogP contribution in [0.25, 0.3) is 0 Å². The van der Waals surface area contributed by atoms with Crippen molar-refractivity contribution in [2.24, 2.45) is 0 Å². The Morgan fingerprint density at radius 3 is 2.18 bits per heavy atom. The van der Waals surface area contributed by atoms with Crippen LogP contribution in [0.15, 0.2) is 77.7 Å². The Kier molecular flexibility index (Phi) is 10.4. The third-order valence-corrected chi connectivity index (χ3v) is 8.49. The highest BCUT2D eigenvalue weighted by molar-refractivity contribution is 7.92. The maximum absolute atomic E-state index is 13.8. The minimum absolute atomic E-state index is 0.0431. The molecule has 208 valence electrons. The fourth-order valence-corrected chi connectivity index (χ4v) is 5.44. The van der Waals surface area contributed by atoms with Crippen molar-refractivity contribution >= 4 is 50.7 Å². The van der Waals surface area contributed by atoms with E-state index in [0.29, 0.717) is 17.0 Å². The Balaban J connectivity index is 2.02. The van der Waals surface area contributed by atoms with Crippen LogP contribution in [0.3, 0.4) is 0 Å². The van der Waals surface area contributed by atoms with Crippen LogP contribution in [0, 0.1) is 5.82 Å². The van der Waals surface area contributed by atoms with E-state index in [1.54, 1.807) is 19.1 Å². The molecule has 0 aliphatic carbocycles. The molecule has 11 heteroatoms. The zero-order chi connectivity index (χ0) is 28.7. The predicted molar refractivity (Wildman–Crippen MR) is 152 cm³/mol. The predicted octanol–water partition coefficient (Wildman–Crippen LogP) is 5.66. The summed E-state index contributed by atoms with van der Waals surface area (Å²) in [5, 5.41) is 3.49. The van der Waals surface area contributed by atoms with Crippen molar-refractivity contribution in [1.82, 2.24) is 10.2 Å². The van der Waals surface area contributed by atoms with E-state index in [9.17, 15) is 22.4 Å². The van der Waals surface area contributed by atoms with Crippen LogP contribution >= 0.6 is 23.2 Å². The summed E-state index contributed by atoms with van der Waals surface area (Å²) in [4.78, 5) is 28.1. The minimum Gasteiger partial charge on any atom is -0.352 e.